The van der Waals surface area contributed by atoms with Crippen LogP contribution in [0, 0.1) is 6.92 Å². The van der Waals surface area contributed by atoms with E-state index in [1.54, 1.807) is 7.11 Å². The molecule has 1 heterocycles. The summed E-state index contributed by atoms with van der Waals surface area (Å²) in [4.78, 5) is 9.04. The Balaban J connectivity index is 1.54. The molecule has 5 nitrogen and oxygen atoms in total. The molecule has 0 saturated heterocycles. The van der Waals surface area contributed by atoms with Crippen molar-refractivity contribution in [1.82, 2.24) is 9.97 Å². The first-order valence-electron chi connectivity index (χ1n) is 9.22. The molecule has 1 fully saturated rings. The Labute approximate surface area is 150 Å². The highest BCUT2D eigenvalue weighted by atomic mass is 16.5. The predicted octanol–water partition coefficient (Wildman–Crippen LogP) is 4.19. The lowest BCUT2D eigenvalue weighted by molar-refractivity contribution is 0.414. The SMILES string of the molecule is COc1ccc(CCNc2cc(NC3CCCCC3)nc(C)n2)cc1. The first-order valence-corrected chi connectivity index (χ1v) is 9.22. The van der Waals surface area contributed by atoms with Crippen LogP contribution in [0.15, 0.2) is 30.3 Å². The van der Waals surface area contributed by atoms with Crippen molar-refractivity contribution in [1.29, 1.82) is 0 Å². The Bertz CT molecular complexity index is 666. The molecule has 134 valence electrons. The van der Waals surface area contributed by atoms with Crippen molar-refractivity contribution in [2.24, 2.45) is 0 Å². The van der Waals surface area contributed by atoms with E-state index in [0.29, 0.717) is 6.04 Å². The second kappa shape index (κ2) is 8.70. The highest BCUT2D eigenvalue weighted by Gasteiger charge is 2.14. The van der Waals surface area contributed by atoms with Gasteiger partial charge in [-0.05, 0) is 43.9 Å². The molecule has 1 aromatic carbocycles. The Kier molecular flexibility index (Phi) is 6.09. The number of aryl methyl sites for hydroxylation is 1. The Morgan fingerprint density at radius 3 is 2.48 bits per heavy atom. The summed E-state index contributed by atoms with van der Waals surface area (Å²) < 4.78 is 5.19. The zero-order chi connectivity index (χ0) is 17.5. The molecular formula is C20H28N4O. The van der Waals surface area contributed by atoms with Crippen LogP contribution in [0.3, 0.4) is 0 Å². The van der Waals surface area contributed by atoms with Crippen LogP contribution in [0.25, 0.3) is 0 Å². The van der Waals surface area contributed by atoms with E-state index in [0.717, 1.165) is 36.2 Å². The lowest BCUT2D eigenvalue weighted by Crippen LogP contribution is -2.23. The average molecular weight is 340 g/mol. The van der Waals surface area contributed by atoms with Gasteiger partial charge in [0.2, 0.25) is 0 Å². The van der Waals surface area contributed by atoms with Gasteiger partial charge in [0.05, 0.1) is 7.11 Å². The number of hydrogen-bond donors (Lipinski definition) is 2. The third-order valence-corrected chi connectivity index (χ3v) is 4.67. The molecule has 0 spiro atoms. The molecule has 5 heteroatoms. The topological polar surface area (TPSA) is 59.1 Å². The summed E-state index contributed by atoms with van der Waals surface area (Å²) in [5, 5.41) is 7.00. The minimum absolute atomic E-state index is 0.551. The summed E-state index contributed by atoms with van der Waals surface area (Å²) >= 11 is 0. The van der Waals surface area contributed by atoms with Gasteiger partial charge in [-0.1, -0.05) is 31.4 Å². The van der Waals surface area contributed by atoms with Gasteiger partial charge in [-0.15, -0.1) is 0 Å². The van der Waals surface area contributed by atoms with E-state index in [2.05, 4.69) is 32.7 Å². The van der Waals surface area contributed by atoms with Gasteiger partial charge < -0.3 is 15.4 Å². The minimum atomic E-state index is 0.551. The lowest BCUT2D eigenvalue weighted by Gasteiger charge is -2.23. The van der Waals surface area contributed by atoms with E-state index in [1.165, 1.54) is 37.7 Å². The number of rotatable bonds is 7. The second-order valence-corrected chi connectivity index (χ2v) is 6.69. The summed E-state index contributed by atoms with van der Waals surface area (Å²) in [5.41, 5.74) is 1.28. The van der Waals surface area contributed by atoms with Crippen LogP contribution in [-0.2, 0) is 6.42 Å². The van der Waals surface area contributed by atoms with Crippen molar-refractivity contribution in [2.45, 2.75) is 51.5 Å². The highest BCUT2D eigenvalue weighted by Crippen LogP contribution is 2.22. The van der Waals surface area contributed by atoms with E-state index in [9.17, 15) is 0 Å². The number of anilines is 2. The smallest absolute Gasteiger partial charge is 0.132 e. The fourth-order valence-electron chi connectivity index (χ4n) is 3.32. The molecule has 1 aromatic heterocycles. The Hall–Kier alpha value is -2.30. The maximum atomic E-state index is 5.19. The number of methoxy groups -OCH3 is 1. The number of ether oxygens (including phenoxy) is 1. The van der Waals surface area contributed by atoms with Crippen LogP contribution in [0.1, 0.15) is 43.5 Å². The van der Waals surface area contributed by atoms with Crippen molar-refractivity contribution >= 4 is 11.6 Å². The summed E-state index contributed by atoms with van der Waals surface area (Å²) in [7, 11) is 1.69. The lowest BCUT2D eigenvalue weighted by atomic mass is 9.95. The zero-order valence-electron chi connectivity index (χ0n) is 15.2. The van der Waals surface area contributed by atoms with Gasteiger partial charge in [0.25, 0.3) is 0 Å². The molecular weight excluding hydrogens is 312 g/mol. The average Bonchev–Trinajstić information content (AvgIpc) is 2.63. The van der Waals surface area contributed by atoms with E-state index in [1.807, 2.05) is 25.1 Å². The third-order valence-electron chi connectivity index (χ3n) is 4.67. The van der Waals surface area contributed by atoms with Crippen molar-refractivity contribution in [3.63, 3.8) is 0 Å². The maximum Gasteiger partial charge on any atom is 0.132 e. The van der Waals surface area contributed by atoms with E-state index in [4.69, 9.17) is 4.74 Å². The molecule has 3 rings (SSSR count). The Morgan fingerprint density at radius 2 is 1.76 bits per heavy atom. The molecule has 0 bridgehead atoms. The van der Waals surface area contributed by atoms with Crippen LogP contribution in [0.4, 0.5) is 11.6 Å². The van der Waals surface area contributed by atoms with Crippen molar-refractivity contribution in [3.8, 4) is 5.75 Å². The van der Waals surface area contributed by atoms with Crippen molar-refractivity contribution in [2.75, 3.05) is 24.3 Å². The van der Waals surface area contributed by atoms with Gasteiger partial charge >= 0.3 is 0 Å². The van der Waals surface area contributed by atoms with Gasteiger partial charge in [-0.2, -0.15) is 0 Å². The first-order chi connectivity index (χ1) is 12.2. The van der Waals surface area contributed by atoms with E-state index in [-0.39, 0.29) is 0 Å². The number of hydrogen-bond acceptors (Lipinski definition) is 5. The molecule has 0 unspecified atom stereocenters. The van der Waals surface area contributed by atoms with Crippen LogP contribution in [0.5, 0.6) is 5.75 Å². The molecule has 0 amide bonds. The summed E-state index contributed by atoms with van der Waals surface area (Å²) in [6.07, 6.45) is 7.41. The van der Waals surface area contributed by atoms with Gasteiger partial charge in [-0.3, -0.25) is 0 Å². The molecule has 0 atom stereocenters. The molecule has 1 aliphatic carbocycles. The Morgan fingerprint density at radius 1 is 1.04 bits per heavy atom. The largest absolute Gasteiger partial charge is 0.497 e. The molecule has 2 aromatic rings. The van der Waals surface area contributed by atoms with Crippen LogP contribution < -0.4 is 15.4 Å². The van der Waals surface area contributed by atoms with E-state index < -0.39 is 0 Å². The predicted molar refractivity (Wildman–Crippen MR) is 102 cm³/mol. The number of nitrogens with zero attached hydrogens (tertiary/aromatic N) is 2. The highest BCUT2D eigenvalue weighted by molar-refractivity contribution is 5.48. The van der Waals surface area contributed by atoms with E-state index >= 15 is 0 Å². The van der Waals surface area contributed by atoms with Gasteiger partial charge in [0, 0.05) is 18.7 Å². The van der Waals surface area contributed by atoms with Gasteiger partial charge in [0.15, 0.2) is 0 Å². The minimum Gasteiger partial charge on any atom is -0.497 e. The van der Waals surface area contributed by atoms with Crippen molar-refractivity contribution < 1.29 is 4.74 Å². The van der Waals surface area contributed by atoms with Gasteiger partial charge in [-0.25, -0.2) is 9.97 Å². The molecule has 1 saturated carbocycles. The summed E-state index contributed by atoms with van der Waals surface area (Å²) in [5.74, 6) is 3.51. The molecule has 0 aliphatic heterocycles. The molecule has 1 aliphatic rings. The zero-order valence-corrected chi connectivity index (χ0v) is 15.2. The molecule has 25 heavy (non-hydrogen) atoms. The van der Waals surface area contributed by atoms with Crippen LogP contribution >= 0.6 is 0 Å². The van der Waals surface area contributed by atoms with Crippen LogP contribution in [0.2, 0.25) is 0 Å². The van der Waals surface area contributed by atoms with Crippen LogP contribution in [-0.4, -0.2) is 29.7 Å². The first kappa shape index (κ1) is 17.5. The molecule has 0 radical (unpaired) electrons. The second-order valence-electron chi connectivity index (χ2n) is 6.69. The fraction of sp³-hybridized carbons (Fsp3) is 0.500. The quantitative estimate of drug-likeness (QED) is 0.791. The summed E-state index contributed by atoms with van der Waals surface area (Å²) in [6, 6.07) is 10.8. The molecule has 2 N–H and O–H groups in total. The number of aromatic nitrogens is 2. The third kappa shape index (κ3) is 5.34. The number of nitrogens with one attached hydrogen (secondary N) is 2. The normalized spacial score (nSPS) is 15.0. The number of benzene rings is 1. The van der Waals surface area contributed by atoms with Gasteiger partial charge in [0.1, 0.15) is 23.2 Å². The monoisotopic (exact) mass is 340 g/mol. The van der Waals surface area contributed by atoms with Crippen molar-refractivity contribution in [3.05, 3.63) is 41.7 Å². The standard InChI is InChI=1S/C20H28N4O/c1-15-22-19(14-20(23-15)24-17-6-4-3-5-7-17)21-13-12-16-8-10-18(25-2)11-9-16/h8-11,14,17H,3-7,12-13H2,1-2H3,(H2,21,22,23,24). The maximum absolute atomic E-state index is 5.19. The fourth-order valence-corrected chi connectivity index (χ4v) is 3.32. The summed E-state index contributed by atoms with van der Waals surface area (Å²) in [6.45, 7) is 2.78.